The van der Waals surface area contributed by atoms with E-state index in [0.29, 0.717) is 5.56 Å². The predicted molar refractivity (Wildman–Crippen MR) is 89.6 cm³/mol. The summed E-state index contributed by atoms with van der Waals surface area (Å²) in [5.41, 5.74) is 1.30. The van der Waals surface area contributed by atoms with Crippen LogP contribution in [0, 0.1) is 13.8 Å². The largest absolute Gasteiger partial charge is 0.543 e. The molecule has 0 spiro atoms. The lowest BCUT2D eigenvalue weighted by Gasteiger charge is -2.11. The summed E-state index contributed by atoms with van der Waals surface area (Å²) in [4.78, 5) is 36.5. The predicted octanol–water partition coefficient (Wildman–Crippen LogP) is 0.598. The highest BCUT2D eigenvalue weighted by molar-refractivity contribution is 6.01. The van der Waals surface area contributed by atoms with Crippen LogP contribution >= 0.6 is 0 Å². The van der Waals surface area contributed by atoms with Crippen LogP contribution in [0.25, 0.3) is 10.8 Å². The number of hydrogen-bond acceptors (Lipinski definition) is 5. The van der Waals surface area contributed by atoms with Gasteiger partial charge in [-0.15, -0.1) is 0 Å². The zero-order valence-corrected chi connectivity index (χ0v) is 14.1. The molecular formula is C18H16N3O4-. The van der Waals surface area contributed by atoms with Crippen LogP contribution in [0.2, 0.25) is 0 Å². The van der Waals surface area contributed by atoms with E-state index in [4.69, 9.17) is 0 Å². The van der Waals surface area contributed by atoms with E-state index >= 15 is 0 Å². The summed E-state index contributed by atoms with van der Waals surface area (Å²) in [5.74, 6) is -1.81. The van der Waals surface area contributed by atoms with Crippen LogP contribution in [0.1, 0.15) is 32.2 Å². The third-order valence-corrected chi connectivity index (χ3v) is 4.43. The number of carbonyl (C=O) groups excluding carboxylic acids is 2. The van der Waals surface area contributed by atoms with Gasteiger partial charge in [-0.2, -0.15) is 5.10 Å². The smallest absolute Gasteiger partial charge is 0.275 e. The van der Waals surface area contributed by atoms with Crippen LogP contribution in [-0.4, -0.2) is 26.1 Å². The summed E-state index contributed by atoms with van der Waals surface area (Å²) < 4.78 is 2.76. The van der Waals surface area contributed by atoms with Crippen LogP contribution in [0.15, 0.2) is 35.1 Å². The van der Waals surface area contributed by atoms with Gasteiger partial charge in [0.1, 0.15) is 12.2 Å². The standard InChI is InChI=1S/C18H17N3O4/c1-10-8-14(11(2)20(10)3)15(22)9-21-17(23)13-7-5-4-6-12(13)16(19-21)18(24)25/h4-8H,9H2,1-3H3,(H,24,25)/p-1. The Morgan fingerprint density at radius 3 is 2.36 bits per heavy atom. The number of Topliss-reactive ketones (excluding diaryl/α,β-unsaturated/α-hetero) is 1. The van der Waals surface area contributed by atoms with Crippen molar-refractivity contribution in [2.24, 2.45) is 7.05 Å². The average molecular weight is 338 g/mol. The summed E-state index contributed by atoms with van der Waals surface area (Å²) in [6.07, 6.45) is 0. The average Bonchev–Trinajstić information content (AvgIpc) is 2.84. The lowest BCUT2D eigenvalue weighted by atomic mass is 10.1. The highest BCUT2D eigenvalue weighted by Crippen LogP contribution is 2.16. The van der Waals surface area contributed by atoms with E-state index in [1.54, 1.807) is 18.2 Å². The molecule has 0 saturated carbocycles. The molecule has 3 aromatic rings. The van der Waals surface area contributed by atoms with Crippen LogP contribution in [0.4, 0.5) is 0 Å². The fourth-order valence-corrected chi connectivity index (χ4v) is 2.85. The molecule has 0 atom stereocenters. The van der Waals surface area contributed by atoms with Gasteiger partial charge >= 0.3 is 0 Å². The van der Waals surface area contributed by atoms with E-state index in [0.717, 1.165) is 16.1 Å². The molecule has 0 aliphatic heterocycles. The molecule has 1 aromatic carbocycles. The Morgan fingerprint density at radius 2 is 1.80 bits per heavy atom. The van der Waals surface area contributed by atoms with E-state index in [1.165, 1.54) is 12.1 Å². The molecule has 2 aromatic heterocycles. The highest BCUT2D eigenvalue weighted by atomic mass is 16.4. The Morgan fingerprint density at radius 1 is 1.16 bits per heavy atom. The van der Waals surface area contributed by atoms with E-state index in [2.05, 4.69) is 5.10 Å². The Labute approximate surface area is 143 Å². The number of aromatic carboxylic acids is 1. The van der Waals surface area contributed by atoms with Gasteiger partial charge in [0.2, 0.25) is 0 Å². The molecule has 0 unspecified atom stereocenters. The van der Waals surface area contributed by atoms with Crippen molar-refractivity contribution in [1.29, 1.82) is 0 Å². The number of carbonyl (C=O) groups is 2. The number of benzene rings is 1. The maximum atomic E-state index is 12.6. The normalized spacial score (nSPS) is 11.0. The molecule has 7 nitrogen and oxygen atoms in total. The SMILES string of the molecule is Cc1cc(C(=O)Cn2nc(C(=O)[O-])c3ccccc3c2=O)c(C)n1C. The van der Waals surface area contributed by atoms with Crippen LogP contribution < -0.4 is 10.7 Å². The molecule has 0 N–H and O–H groups in total. The van der Waals surface area contributed by atoms with Crippen LogP contribution in [0.3, 0.4) is 0 Å². The Hall–Kier alpha value is -3.22. The summed E-state index contributed by atoms with van der Waals surface area (Å²) in [6.45, 7) is 3.34. The zero-order chi connectivity index (χ0) is 18.3. The molecule has 128 valence electrons. The van der Waals surface area contributed by atoms with Gasteiger partial charge in [-0.25, -0.2) is 4.68 Å². The number of aryl methyl sites for hydroxylation is 1. The molecule has 3 rings (SSSR count). The first kappa shape index (κ1) is 16.6. The van der Waals surface area contributed by atoms with Crippen molar-refractivity contribution in [2.75, 3.05) is 0 Å². The van der Waals surface area contributed by atoms with Gasteiger partial charge in [0.25, 0.3) is 5.56 Å². The number of carboxylic acids is 1. The Bertz CT molecular complexity index is 1080. The van der Waals surface area contributed by atoms with Crippen molar-refractivity contribution >= 4 is 22.5 Å². The van der Waals surface area contributed by atoms with E-state index < -0.39 is 11.5 Å². The van der Waals surface area contributed by atoms with Crippen molar-refractivity contribution in [1.82, 2.24) is 14.3 Å². The fourth-order valence-electron chi connectivity index (χ4n) is 2.85. The van der Waals surface area contributed by atoms with Gasteiger partial charge in [-0.05, 0) is 26.0 Å². The number of carboxylic acid groups (broad SMARTS) is 1. The summed E-state index contributed by atoms with van der Waals surface area (Å²) in [5, 5.41) is 15.6. The molecule has 0 aliphatic rings. The summed E-state index contributed by atoms with van der Waals surface area (Å²) >= 11 is 0. The number of hydrogen-bond donors (Lipinski definition) is 0. The lowest BCUT2D eigenvalue weighted by Crippen LogP contribution is -2.32. The Kier molecular flexibility index (Phi) is 4.00. The van der Waals surface area contributed by atoms with Crippen molar-refractivity contribution in [2.45, 2.75) is 20.4 Å². The van der Waals surface area contributed by atoms with Gasteiger partial charge in [-0.1, -0.05) is 18.2 Å². The molecule has 7 heteroatoms. The minimum Gasteiger partial charge on any atom is -0.543 e. The summed E-state index contributed by atoms with van der Waals surface area (Å²) in [7, 11) is 1.84. The second kappa shape index (κ2) is 6.01. The van der Waals surface area contributed by atoms with Crippen molar-refractivity contribution in [3.63, 3.8) is 0 Å². The van der Waals surface area contributed by atoms with E-state index in [9.17, 15) is 19.5 Å². The number of fused-ring (bicyclic) bond motifs is 1. The van der Waals surface area contributed by atoms with Crippen molar-refractivity contribution in [3.8, 4) is 0 Å². The number of ketones is 1. The first-order valence-electron chi connectivity index (χ1n) is 7.68. The van der Waals surface area contributed by atoms with Gasteiger partial charge in [0.05, 0.1) is 11.4 Å². The molecule has 0 radical (unpaired) electrons. The Balaban J connectivity index is 2.11. The maximum absolute atomic E-state index is 12.6. The monoisotopic (exact) mass is 338 g/mol. The van der Waals surface area contributed by atoms with Gasteiger partial charge in [0, 0.05) is 29.4 Å². The molecule has 0 amide bonds. The topological polar surface area (TPSA) is 97.0 Å². The molecule has 0 saturated heterocycles. The molecule has 25 heavy (non-hydrogen) atoms. The van der Waals surface area contributed by atoms with Gasteiger partial charge in [0.15, 0.2) is 5.78 Å². The van der Waals surface area contributed by atoms with Crippen molar-refractivity contribution < 1.29 is 14.7 Å². The van der Waals surface area contributed by atoms with Gasteiger partial charge in [-0.3, -0.25) is 9.59 Å². The van der Waals surface area contributed by atoms with Crippen molar-refractivity contribution in [3.05, 3.63) is 63.3 Å². The third-order valence-electron chi connectivity index (χ3n) is 4.43. The minimum atomic E-state index is -1.50. The van der Waals surface area contributed by atoms with Crippen LogP contribution in [-0.2, 0) is 13.6 Å². The number of rotatable bonds is 4. The zero-order valence-electron chi connectivity index (χ0n) is 14.1. The molecule has 0 fully saturated rings. The minimum absolute atomic E-state index is 0.186. The second-order valence-corrected chi connectivity index (χ2v) is 5.91. The molecule has 0 aliphatic carbocycles. The number of nitrogens with zero attached hydrogens (tertiary/aromatic N) is 3. The second-order valence-electron chi connectivity index (χ2n) is 5.91. The molecule has 2 heterocycles. The highest BCUT2D eigenvalue weighted by Gasteiger charge is 2.18. The third kappa shape index (κ3) is 2.73. The fraction of sp³-hybridized carbons (Fsp3) is 0.222. The number of aromatic nitrogens is 3. The van der Waals surface area contributed by atoms with E-state index in [-0.39, 0.29) is 28.8 Å². The van der Waals surface area contributed by atoms with E-state index in [1.807, 2.05) is 25.5 Å². The molecular weight excluding hydrogens is 322 g/mol. The molecule has 0 bridgehead atoms. The first-order valence-corrected chi connectivity index (χ1v) is 7.68. The lowest BCUT2D eigenvalue weighted by molar-refractivity contribution is -0.255. The quantitative estimate of drug-likeness (QED) is 0.649. The maximum Gasteiger partial charge on any atom is 0.275 e. The first-order chi connectivity index (χ1) is 11.8. The summed E-state index contributed by atoms with van der Waals surface area (Å²) in [6, 6.07) is 7.97. The van der Waals surface area contributed by atoms with Crippen LogP contribution in [0.5, 0.6) is 0 Å². The van der Waals surface area contributed by atoms with Gasteiger partial charge < -0.3 is 14.5 Å².